The molecule has 0 bridgehead atoms. The zero-order valence-electron chi connectivity index (χ0n) is 12.2. The summed E-state index contributed by atoms with van der Waals surface area (Å²) in [5.41, 5.74) is 3.21. The fourth-order valence-corrected chi connectivity index (χ4v) is 2.16. The second-order valence-electron chi connectivity index (χ2n) is 5.00. The van der Waals surface area contributed by atoms with Crippen LogP contribution in [0.1, 0.15) is 28.2 Å². The van der Waals surface area contributed by atoms with E-state index in [0.29, 0.717) is 12.2 Å². The lowest BCUT2D eigenvalue weighted by Crippen LogP contribution is -2.25. The number of amides is 1. The average molecular weight is 296 g/mol. The Balaban J connectivity index is 1.51. The maximum atomic E-state index is 11.8. The molecular weight excluding hydrogens is 280 g/mol. The molecular formula is C15H16N6O. The quantitative estimate of drug-likeness (QED) is 0.715. The number of aryl methyl sites for hydroxylation is 2. The van der Waals surface area contributed by atoms with Crippen LogP contribution in [0.5, 0.6) is 0 Å². The van der Waals surface area contributed by atoms with Crippen LogP contribution >= 0.6 is 0 Å². The predicted molar refractivity (Wildman–Crippen MR) is 80.4 cm³/mol. The number of hydrogen-bond acceptors (Lipinski definition) is 5. The van der Waals surface area contributed by atoms with Crippen LogP contribution in [0.15, 0.2) is 37.1 Å². The molecule has 0 saturated heterocycles. The molecule has 0 atom stereocenters. The number of nitrogens with zero attached hydrogens (tertiary/aromatic N) is 5. The van der Waals surface area contributed by atoms with Crippen molar-refractivity contribution >= 4 is 11.6 Å². The summed E-state index contributed by atoms with van der Waals surface area (Å²) in [6.07, 6.45) is 9.95. The molecule has 22 heavy (non-hydrogen) atoms. The minimum atomic E-state index is -0.204. The highest BCUT2D eigenvalue weighted by atomic mass is 16.1. The largest absolute Gasteiger partial charge is 0.351 e. The van der Waals surface area contributed by atoms with Crippen molar-refractivity contribution in [3.8, 4) is 0 Å². The van der Waals surface area contributed by atoms with Gasteiger partial charge in [-0.15, -0.1) is 0 Å². The van der Waals surface area contributed by atoms with E-state index in [4.69, 9.17) is 0 Å². The molecule has 0 aliphatic rings. The third-order valence-electron chi connectivity index (χ3n) is 3.21. The van der Waals surface area contributed by atoms with Gasteiger partial charge in [-0.05, 0) is 25.3 Å². The molecule has 0 fully saturated rings. The molecule has 0 aliphatic carbocycles. The highest BCUT2D eigenvalue weighted by Crippen LogP contribution is 2.06. The molecule has 0 saturated carbocycles. The number of fused-ring (bicyclic) bond motifs is 1. The predicted octanol–water partition coefficient (Wildman–Crippen LogP) is 1.19. The van der Waals surface area contributed by atoms with Gasteiger partial charge in [0.25, 0.3) is 5.91 Å². The van der Waals surface area contributed by atoms with E-state index in [2.05, 4.69) is 25.4 Å². The first-order valence-corrected chi connectivity index (χ1v) is 7.07. The molecule has 3 rings (SSSR count). The van der Waals surface area contributed by atoms with Crippen molar-refractivity contribution in [2.24, 2.45) is 0 Å². The first-order chi connectivity index (χ1) is 10.7. The maximum absolute atomic E-state index is 11.8. The monoisotopic (exact) mass is 296 g/mol. The van der Waals surface area contributed by atoms with Crippen LogP contribution in [0.3, 0.4) is 0 Å². The average Bonchev–Trinajstić information content (AvgIpc) is 2.91. The van der Waals surface area contributed by atoms with E-state index >= 15 is 0 Å². The third-order valence-corrected chi connectivity index (χ3v) is 3.21. The number of rotatable bonds is 5. The zero-order chi connectivity index (χ0) is 15.4. The number of carbonyl (C=O) groups is 1. The first kappa shape index (κ1) is 14.1. The van der Waals surface area contributed by atoms with Gasteiger partial charge >= 0.3 is 0 Å². The molecule has 3 aromatic heterocycles. The molecule has 0 spiro atoms. The molecule has 0 aromatic carbocycles. The summed E-state index contributed by atoms with van der Waals surface area (Å²) in [5, 5.41) is 7.17. The number of aromatic nitrogens is 5. The topological polar surface area (TPSA) is 85.1 Å². The summed E-state index contributed by atoms with van der Waals surface area (Å²) < 4.78 is 1.78. The first-order valence-electron chi connectivity index (χ1n) is 7.07. The van der Waals surface area contributed by atoms with Crippen molar-refractivity contribution in [1.82, 2.24) is 29.9 Å². The van der Waals surface area contributed by atoms with Crippen molar-refractivity contribution in [2.45, 2.75) is 19.8 Å². The number of hydrogen-bond donors (Lipinski definition) is 1. The minimum Gasteiger partial charge on any atom is -0.351 e. The van der Waals surface area contributed by atoms with E-state index in [1.165, 1.54) is 18.6 Å². The molecule has 0 radical (unpaired) electrons. The number of carbonyl (C=O) groups excluding carboxylic acids is 1. The van der Waals surface area contributed by atoms with Crippen LogP contribution in [0.2, 0.25) is 0 Å². The standard InChI is InChI=1S/C15H16N6O/c1-11-7-14-19-8-12(10-21(14)20-11)3-2-4-18-15(22)13-9-16-5-6-17-13/h5-10H,2-4H2,1H3,(H,18,22). The molecule has 3 heterocycles. The Hall–Kier alpha value is -2.83. The molecule has 1 N–H and O–H groups in total. The van der Waals surface area contributed by atoms with E-state index in [1.54, 1.807) is 4.52 Å². The smallest absolute Gasteiger partial charge is 0.271 e. The lowest BCUT2D eigenvalue weighted by atomic mass is 10.2. The fraction of sp³-hybridized carbons (Fsp3) is 0.267. The fourth-order valence-electron chi connectivity index (χ4n) is 2.16. The van der Waals surface area contributed by atoms with Gasteiger partial charge in [0, 0.05) is 37.4 Å². The summed E-state index contributed by atoms with van der Waals surface area (Å²) in [6, 6.07) is 1.94. The van der Waals surface area contributed by atoms with Gasteiger partial charge < -0.3 is 5.32 Å². The second kappa shape index (κ2) is 6.30. The summed E-state index contributed by atoms with van der Waals surface area (Å²) in [7, 11) is 0. The highest BCUT2D eigenvalue weighted by Gasteiger charge is 2.06. The molecule has 3 aromatic rings. The van der Waals surface area contributed by atoms with Gasteiger partial charge in [-0.3, -0.25) is 9.78 Å². The number of nitrogens with one attached hydrogen (secondary N) is 1. The van der Waals surface area contributed by atoms with Crippen molar-refractivity contribution in [3.05, 3.63) is 54.0 Å². The van der Waals surface area contributed by atoms with E-state index in [0.717, 1.165) is 29.7 Å². The summed E-state index contributed by atoms with van der Waals surface area (Å²) in [5.74, 6) is -0.204. The Morgan fingerprint density at radius 2 is 2.18 bits per heavy atom. The Bertz CT molecular complexity index is 783. The van der Waals surface area contributed by atoms with Crippen LogP contribution in [-0.2, 0) is 6.42 Å². The molecule has 0 unspecified atom stereocenters. The van der Waals surface area contributed by atoms with Gasteiger partial charge in [0.15, 0.2) is 5.65 Å². The Kier molecular flexibility index (Phi) is 4.04. The Labute approximate surface area is 127 Å². The van der Waals surface area contributed by atoms with Crippen LogP contribution in [-0.4, -0.2) is 37.0 Å². The highest BCUT2D eigenvalue weighted by molar-refractivity contribution is 5.91. The van der Waals surface area contributed by atoms with Crippen molar-refractivity contribution in [2.75, 3.05) is 6.54 Å². The van der Waals surface area contributed by atoms with Crippen molar-refractivity contribution in [3.63, 3.8) is 0 Å². The van der Waals surface area contributed by atoms with Crippen molar-refractivity contribution < 1.29 is 4.79 Å². The summed E-state index contributed by atoms with van der Waals surface area (Å²) >= 11 is 0. The summed E-state index contributed by atoms with van der Waals surface area (Å²) in [4.78, 5) is 24.0. The van der Waals surface area contributed by atoms with Gasteiger partial charge in [-0.1, -0.05) is 0 Å². The van der Waals surface area contributed by atoms with Crippen LogP contribution in [0.4, 0.5) is 0 Å². The Morgan fingerprint density at radius 3 is 3.00 bits per heavy atom. The third kappa shape index (κ3) is 3.25. The maximum Gasteiger partial charge on any atom is 0.271 e. The lowest BCUT2D eigenvalue weighted by Gasteiger charge is -2.04. The zero-order valence-corrected chi connectivity index (χ0v) is 12.2. The molecule has 1 amide bonds. The van der Waals surface area contributed by atoms with Gasteiger partial charge in [0.1, 0.15) is 5.69 Å². The van der Waals surface area contributed by atoms with Crippen LogP contribution in [0.25, 0.3) is 5.65 Å². The lowest BCUT2D eigenvalue weighted by molar-refractivity contribution is 0.0948. The minimum absolute atomic E-state index is 0.204. The van der Waals surface area contributed by atoms with Crippen LogP contribution in [0, 0.1) is 6.92 Å². The van der Waals surface area contributed by atoms with Gasteiger partial charge in [-0.25, -0.2) is 14.5 Å². The van der Waals surface area contributed by atoms with E-state index < -0.39 is 0 Å². The van der Waals surface area contributed by atoms with Gasteiger partial charge in [0.2, 0.25) is 0 Å². The Morgan fingerprint density at radius 1 is 1.27 bits per heavy atom. The molecule has 0 aliphatic heterocycles. The summed E-state index contributed by atoms with van der Waals surface area (Å²) in [6.45, 7) is 2.52. The molecule has 7 heteroatoms. The van der Waals surface area contributed by atoms with E-state index in [9.17, 15) is 4.79 Å². The van der Waals surface area contributed by atoms with Crippen molar-refractivity contribution in [1.29, 1.82) is 0 Å². The SMILES string of the molecule is Cc1cc2ncc(CCCNC(=O)c3cnccn3)cn2n1. The van der Waals surface area contributed by atoms with Crippen LogP contribution < -0.4 is 5.32 Å². The second-order valence-corrected chi connectivity index (χ2v) is 5.00. The van der Waals surface area contributed by atoms with Gasteiger partial charge in [0.05, 0.1) is 11.9 Å². The molecule has 112 valence electrons. The van der Waals surface area contributed by atoms with E-state index in [1.807, 2.05) is 25.4 Å². The molecule has 7 nitrogen and oxygen atoms in total. The van der Waals surface area contributed by atoms with Gasteiger partial charge in [-0.2, -0.15) is 5.10 Å². The van der Waals surface area contributed by atoms with E-state index in [-0.39, 0.29) is 5.91 Å². The normalized spacial score (nSPS) is 10.8.